The summed E-state index contributed by atoms with van der Waals surface area (Å²) in [5, 5.41) is 9.44. The molecule has 7 nitrogen and oxygen atoms in total. The molecule has 3 rings (SSSR count). The Morgan fingerprint density at radius 1 is 1.52 bits per heavy atom. The van der Waals surface area contributed by atoms with Crippen molar-refractivity contribution in [2.45, 2.75) is 18.9 Å². The molecule has 0 aliphatic carbocycles. The molecule has 2 aromatic rings. The van der Waals surface area contributed by atoms with E-state index in [1.165, 1.54) is 4.90 Å². The summed E-state index contributed by atoms with van der Waals surface area (Å²) in [6.45, 7) is 1.34. The molecule has 3 heterocycles. The number of carbonyl (C=O) groups is 1. The Balaban J connectivity index is 1.83. The van der Waals surface area contributed by atoms with E-state index in [1.807, 2.05) is 4.90 Å². The third kappa shape index (κ3) is 2.73. The maximum absolute atomic E-state index is 11.1. The van der Waals surface area contributed by atoms with Crippen LogP contribution in [0.25, 0.3) is 11.2 Å². The van der Waals surface area contributed by atoms with Gasteiger partial charge < -0.3 is 19.3 Å². The number of carboxylic acid groups (broad SMARTS) is 1. The standard InChI is InChI=1S/C13H15ClN4O3/c1-17(13(19)20)8-3-2-6-18(7-8)12-16-11-9(21-12)4-5-10(14)15-11/h4-5,8H,2-3,6-7H2,1H3,(H,19,20). The molecule has 1 N–H and O–H groups in total. The Hall–Kier alpha value is -2.02. The van der Waals surface area contributed by atoms with E-state index in [0.717, 1.165) is 19.4 Å². The number of piperidine rings is 1. The molecule has 0 aromatic carbocycles. The average molecular weight is 311 g/mol. The summed E-state index contributed by atoms with van der Waals surface area (Å²) < 4.78 is 5.68. The van der Waals surface area contributed by atoms with Crippen molar-refractivity contribution in [2.24, 2.45) is 0 Å². The molecule has 0 bridgehead atoms. The van der Waals surface area contributed by atoms with Crippen LogP contribution in [0.15, 0.2) is 16.5 Å². The maximum atomic E-state index is 11.1. The molecule has 1 amide bonds. The highest BCUT2D eigenvalue weighted by molar-refractivity contribution is 6.29. The van der Waals surface area contributed by atoms with Crippen LogP contribution in [0.1, 0.15) is 12.8 Å². The molecule has 1 aliphatic heterocycles. The maximum Gasteiger partial charge on any atom is 0.407 e. The number of likely N-dealkylation sites (N-methyl/N-ethyl adjacent to an activating group) is 1. The van der Waals surface area contributed by atoms with Gasteiger partial charge in [-0.1, -0.05) is 11.6 Å². The van der Waals surface area contributed by atoms with Gasteiger partial charge in [-0.15, -0.1) is 0 Å². The molecule has 1 aliphatic rings. The van der Waals surface area contributed by atoms with Crippen molar-refractivity contribution in [3.05, 3.63) is 17.3 Å². The molecule has 0 spiro atoms. The zero-order chi connectivity index (χ0) is 15.0. The number of amides is 1. The molecule has 1 saturated heterocycles. The van der Waals surface area contributed by atoms with Crippen LogP contribution >= 0.6 is 11.6 Å². The van der Waals surface area contributed by atoms with Crippen LogP contribution in [0.2, 0.25) is 5.15 Å². The van der Waals surface area contributed by atoms with E-state index in [0.29, 0.717) is 28.9 Å². The normalized spacial score (nSPS) is 19.0. The number of rotatable bonds is 2. The fraction of sp³-hybridized carbons (Fsp3) is 0.462. The summed E-state index contributed by atoms with van der Waals surface area (Å²) in [6, 6.07) is 3.77. The fourth-order valence-corrected chi connectivity index (χ4v) is 2.66. The van der Waals surface area contributed by atoms with Crippen LogP contribution in [-0.2, 0) is 0 Å². The number of pyridine rings is 1. The minimum absolute atomic E-state index is 0.0668. The molecule has 0 radical (unpaired) electrons. The summed E-state index contributed by atoms with van der Waals surface area (Å²) in [7, 11) is 1.59. The van der Waals surface area contributed by atoms with Crippen LogP contribution in [0.3, 0.4) is 0 Å². The number of hydrogen-bond donors (Lipinski definition) is 1. The second-order valence-corrected chi connectivity index (χ2v) is 5.47. The van der Waals surface area contributed by atoms with Gasteiger partial charge in [0.05, 0.1) is 6.04 Å². The number of halogens is 1. The summed E-state index contributed by atoms with van der Waals surface area (Å²) in [5.74, 6) is 0. The van der Waals surface area contributed by atoms with E-state index in [4.69, 9.17) is 21.1 Å². The zero-order valence-corrected chi connectivity index (χ0v) is 12.2. The minimum atomic E-state index is -0.923. The Morgan fingerprint density at radius 3 is 3.10 bits per heavy atom. The fourth-order valence-electron chi connectivity index (χ4n) is 2.52. The van der Waals surface area contributed by atoms with E-state index in [9.17, 15) is 4.79 Å². The third-order valence-corrected chi connectivity index (χ3v) is 3.94. The average Bonchev–Trinajstić information content (AvgIpc) is 2.89. The van der Waals surface area contributed by atoms with Gasteiger partial charge in [-0.25, -0.2) is 9.78 Å². The number of aromatic nitrogens is 2. The van der Waals surface area contributed by atoms with Crippen molar-refractivity contribution in [1.82, 2.24) is 14.9 Å². The first-order valence-electron chi connectivity index (χ1n) is 6.68. The minimum Gasteiger partial charge on any atom is -0.465 e. The highest BCUT2D eigenvalue weighted by Crippen LogP contribution is 2.25. The van der Waals surface area contributed by atoms with E-state index in [-0.39, 0.29) is 6.04 Å². The lowest BCUT2D eigenvalue weighted by Crippen LogP contribution is -2.48. The molecule has 1 unspecified atom stereocenters. The molecule has 2 aromatic heterocycles. The van der Waals surface area contributed by atoms with E-state index in [2.05, 4.69) is 9.97 Å². The van der Waals surface area contributed by atoms with Gasteiger partial charge in [0.2, 0.25) is 5.65 Å². The van der Waals surface area contributed by atoms with Gasteiger partial charge in [0.15, 0.2) is 5.58 Å². The smallest absolute Gasteiger partial charge is 0.407 e. The first kappa shape index (κ1) is 13.9. The van der Waals surface area contributed by atoms with Gasteiger partial charge in [-0.05, 0) is 25.0 Å². The molecule has 21 heavy (non-hydrogen) atoms. The molecule has 112 valence electrons. The number of nitrogens with zero attached hydrogens (tertiary/aromatic N) is 4. The molecule has 8 heteroatoms. The highest BCUT2D eigenvalue weighted by atomic mass is 35.5. The highest BCUT2D eigenvalue weighted by Gasteiger charge is 2.28. The number of oxazole rings is 1. The summed E-state index contributed by atoms with van der Waals surface area (Å²) in [6.07, 6.45) is 0.798. The first-order valence-corrected chi connectivity index (χ1v) is 7.06. The van der Waals surface area contributed by atoms with Gasteiger partial charge in [0.25, 0.3) is 6.01 Å². The Labute approximate surface area is 126 Å². The predicted octanol–water partition coefficient (Wildman–Crippen LogP) is 2.45. The van der Waals surface area contributed by atoms with Crippen molar-refractivity contribution in [2.75, 3.05) is 25.0 Å². The van der Waals surface area contributed by atoms with Crippen molar-refractivity contribution >= 4 is 34.9 Å². The molecule has 1 atom stereocenters. The second-order valence-electron chi connectivity index (χ2n) is 5.09. The molecular weight excluding hydrogens is 296 g/mol. The predicted molar refractivity (Wildman–Crippen MR) is 77.8 cm³/mol. The zero-order valence-electron chi connectivity index (χ0n) is 11.5. The van der Waals surface area contributed by atoms with E-state index < -0.39 is 6.09 Å². The van der Waals surface area contributed by atoms with Crippen LogP contribution in [0, 0.1) is 0 Å². The summed E-state index contributed by atoms with van der Waals surface area (Å²) in [5.41, 5.74) is 1.04. The van der Waals surface area contributed by atoms with Gasteiger partial charge >= 0.3 is 6.09 Å². The topological polar surface area (TPSA) is 82.7 Å². The van der Waals surface area contributed by atoms with Crippen LogP contribution in [0.4, 0.5) is 10.8 Å². The number of anilines is 1. The van der Waals surface area contributed by atoms with E-state index >= 15 is 0 Å². The quantitative estimate of drug-likeness (QED) is 0.858. The lowest BCUT2D eigenvalue weighted by atomic mass is 10.1. The summed E-state index contributed by atoms with van der Waals surface area (Å²) in [4.78, 5) is 22.8. The van der Waals surface area contributed by atoms with Crippen molar-refractivity contribution in [3.8, 4) is 0 Å². The van der Waals surface area contributed by atoms with Crippen LogP contribution in [0.5, 0.6) is 0 Å². The van der Waals surface area contributed by atoms with Gasteiger partial charge in [-0.2, -0.15) is 4.98 Å². The van der Waals surface area contributed by atoms with Crippen LogP contribution < -0.4 is 4.90 Å². The molecule has 0 saturated carbocycles. The SMILES string of the molecule is CN(C(=O)O)C1CCCN(c2nc3nc(Cl)ccc3o2)C1. The van der Waals surface area contributed by atoms with Crippen LogP contribution in [-0.4, -0.2) is 52.2 Å². The Kier molecular flexibility index (Phi) is 3.59. The second kappa shape index (κ2) is 5.40. The molecule has 1 fully saturated rings. The lowest BCUT2D eigenvalue weighted by Gasteiger charge is -2.35. The number of hydrogen-bond acceptors (Lipinski definition) is 5. The summed E-state index contributed by atoms with van der Waals surface area (Å²) >= 11 is 5.83. The Bertz CT molecular complexity index is 674. The largest absolute Gasteiger partial charge is 0.465 e. The van der Waals surface area contributed by atoms with Gasteiger partial charge in [0.1, 0.15) is 5.15 Å². The van der Waals surface area contributed by atoms with Crippen molar-refractivity contribution in [1.29, 1.82) is 0 Å². The van der Waals surface area contributed by atoms with Gasteiger partial charge in [0, 0.05) is 20.1 Å². The monoisotopic (exact) mass is 310 g/mol. The Morgan fingerprint density at radius 2 is 2.33 bits per heavy atom. The number of fused-ring (bicyclic) bond motifs is 1. The van der Waals surface area contributed by atoms with Crippen molar-refractivity contribution in [3.63, 3.8) is 0 Å². The molecular formula is C13H15ClN4O3. The van der Waals surface area contributed by atoms with Gasteiger partial charge in [-0.3, -0.25) is 0 Å². The van der Waals surface area contributed by atoms with E-state index in [1.54, 1.807) is 19.2 Å². The lowest BCUT2D eigenvalue weighted by molar-refractivity contribution is 0.132. The third-order valence-electron chi connectivity index (χ3n) is 3.72. The van der Waals surface area contributed by atoms with Crippen molar-refractivity contribution < 1.29 is 14.3 Å². The first-order chi connectivity index (χ1) is 10.0.